The zero-order valence-electron chi connectivity index (χ0n) is 10.3. The highest BCUT2D eigenvalue weighted by molar-refractivity contribution is 7.98. The van der Waals surface area contributed by atoms with E-state index in [1.165, 1.54) is 12.1 Å². The van der Waals surface area contributed by atoms with Crippen LogP contribution in [0.2, 0.25) is 0 Å². The van der Waals surface area contributed by atoms with Crippen molar-refractivity contribution in [1.29, 1.82) is 5.26 Å². The van der Waals surface area contributed by atoms with E-state index >= 15 is 0 Å². The van der Waals surface area contributed by atoms with Crippen LogP contribution in [0.25, 0.3) is 0 Å². The summed E-state index contributed by atoms with van der Waals surface area (Å²) in [5, 5.41) is 22.9. The first-order chi connectivity index (χ1) is 8.62. The van der Waals surface area contributed by atoms with Gasteiger partial charge in [0.25, 0.3) is 5.69 Å². The first-order valence-corrected chi connectivity index (χ1v) is 6.95. The second-order valence-electron chi connectivity index (χ2n) is 3.81. The van der Waals surface area contributed by atoms with E-state index < -0.39 is 4.92 Å². The van der Waals surface area contributed by atoms with E-state index in [0.717, 1.165) is 17.9 Å². The van der Waals surface area contributed by atoms with E-state index in [1.54, 1.807) is 17.8 Å². The lowest BCUT2D eigenvalue weighted by molar-refractivity contribution is -0.385. The molecule has 96 valence electrons. The molecule has 0 amide bonds. The van der Waals surface area contributed by atoms with Gasteiger partial charge in [0.05, 0.1) is 4.92 Å². The predicted molar refractivity (Wildman–Crippen MR) is 73.9 cm³/mol. The third kappa shape index (κ3) is 3.64. The summed E-state index contributed by atoms with van der Waals surface area (Å²) in [6.07, 6.45) is 2.99. The molecule has 1 N–H and O–H groups in total. The summed E-state index contributed by atoms with van der Waals surface area (Å²) in [7, 11) is 0. The topological polar surface area (TPSA) is 79.0 Å². The Morgan fingerprint density at radius 1 is 1.61 bits per heavy atom. The number of nitrogens with one attached hydrogen (secondary N) is 1. The fourth-order valence-corrected chi connectivity index (χ4v) is 2.29. The average molecular weight is 265 g/mol. The van der Waals surface area contributed by atoms with Gasteiger partial charge < -0.3 is 5.32 Å². The maximum Gasteiger partial charge on any atom is 0.287 e. The van der Waals surface area contributed by atoms with Crippen LogP contribution in [0.5, 0.6) is 0 Å². The van der Waals surface area contributed by atoms with Gasteiger partial charge in [-0.2, -0.15) is 17.0 Å². The minimum atomic E-state index is -0.540. The van der Waals surface area contributed by atoms with Crippen molar-refractivity contribution in [3.63, 3.8) is 0 Å². The fourth-order valence-electron chi connectivity index (χ4n) is 1.57. The van der Waals surface area contributed by atoms with Gasteiger partial charge in [-0.1, -0.05) is 6.92 Å². The van der Waals surface area contributed by atoms with Gasteiger partial charge in [-0.15, -0.1) is 0 Å². The van der Waals surface area contributed by atoms with Gasteiger partial charge in [0, 0.05) is 23.5 Å². The van der Waals surface area contributed by atoms with E-state index in [0.29, 0.717) is 6.04 Å². The first-order valence-electron chi connectivity index (χ1n) is 5.56. The zero-order chi connectivity index (χ0) is 13.5. The third-order valence-electron chi connectivity index (χ3n) is 2.55. The monoisotopic (exact) mass is 265 g/mol. The molecule has 1 rings (SSSR count). The van der Waals surface area contributed by atoms with E-state index in [4.69, 9.17) is 5.26 Å². The fraction of sp³-hybridized carbons (Fsp3) is 0.417. The number of nitro groups is 1. The van der Waals surface area contributed by atoms with Gasteiger partial charge in [0.2, 0.25) is 0 Å². The summed E-state index contributed by atoms with van der Waals surface area (Å²) in [5.41, 5.74) is 0.683. The number of nitriles is 1. The van der Waals surface area contributed by atoms with Gasteiger partial charge in [0.1, 0.15) is 11.6 Å². The van der Waals surface area contributed by atoms with E-state index in [-0.39, 0.29) is 11.3 Å². The molecule has 0 aliphatic carbocycles. The molecule has 0 bridgehead atoms. The molecule has 1 aromatic rings. The molecular weight excluding hydrogens is 250 g/mol. The summed E-state index contributed by atoms with van der Waals surface area (Å²) in [4.78, 5) is 10.2. The van der Waals surface area contributed by atoms with Crippen molar-refractivity contribution >= 4 is 23.1 Å². The highest BCUT2D eigenvalue weighted by atomic mass is 32.2. The van der Waals surface area contributed by atoms with E-state index in [2.05, 4.69) is 12.2 Å². The largest absolute Gasteiger partial charge is 0.381 e. The first kappa shape index (κ1) is 14.3. The van der Waals surface area contributed by atoms with Crippen LogP contribution in [0, 0.1) is 21.4 Å². The molecule has 0 aliphatic heterocycles. The summed E-state index contributed by atoms with van der Waals surface area (Å²) >= 11 is 1.74. The highest BCUT2D eigenvalue weighted by Crippen LogP contribution is 2.22. The molecule has 5 nitrogen and oxygen atoms in total. The molecule has 1 aromatic carbocycles. The second kappa shape index (κ2) is 6.87. The maximum atomic E-state index is 10.7. The minimum Gasteiger partial charge on any atom is -0.381 e. The molecule has 0 saturated heterocycles. The number of hydrogen-bond acceptors (Lipinski definition) is 5. The van der Waals surface area contributed by atoms with Crippen LogP contribution in [-0.4, -0.2) is 23.0 Å². The lowest BCUT2D eigenvalue weighted by atomic mass is 10.1. The third-order valence-corrected chi connectivity index (χ3v) is 3.28. The van der Waals surface area contributed by atoms with Crippen LogP contribution in [0.3, 0.4) is 0 Å². The van der Waals surface area contributed by atoms with Gasteiger partial charge in [-0.05, 0) is 24.8 Å². The maximum absolute atomic E-state index is 10.7. The smallest absolute Gasteiger partial charge is 0.287 e. The summed E-state index contributed by atoms with van der Waals surface area (Å²) < 4.78 is 0. The van der Waals surface area contributed by atoms with Crippen molar-refractivity contribution in [2.75, 3.05) is 17.3 Å². The van der Waals surface area contributed by atoms with Crippen molar-refractivity contribution in [2.45, 2.75) is 19.4 Å². The molecule has 0 heterocycles. The Hall–Kier alpha value is -1.74. The molecule has 0 fully saturated rings. The molecular formula is C12H15N3O2S. The standard InChI is InChI=1S/C12H15N3O2S/c1-3-10(8-18-2)14-11-4-5-12(15(16)17)9(6-11)7-13/h4-6,10,14H,3,8H2,1-2H3. The van der Waals surface area contributed by atoms with Crippen LogP contribution in [0.4, 0.5) is 11.4 Å². The van der Waals surface area contributed by atoms with Crippen LogP contribution < -0.4 is 5.32 Å². The Labute approximate surface area is 110 Å². The summed E-state index contributed by atoms with van der Waals surface area (Å²) in [6, 6.07) is 6.69. The van der Waals surface area contributed by atoms with Gasteiger partial charge in [-0.3, -0.25) is 10.1 Å². The van der Waals surface area contributed by atoms with Crippen molar-refractivity contribution in [1.82, 2.24) is 0 Å². The van der Waals surface area contributed by atoms with Crippen molar-refractivity contribution < 1.29 is 4.92 Å². The number of rotatable bonds is 6. The van der Waals surface area contributed by atoms with Crippen molar-refractivity contribution in [3.05, 3.63) is 33.9 Å². The Bertz CT molecular complexity index is 471. The molecule has 0 aromatic heterocycles. The minimum absolute atomic E-state index is 0.0870. The van der Waals surface area contributed by atoms with Crippen LogP contribution >= 0.6 is 11.8 Å². The number of benzene rings is 1. The molecule has 0 radical (unpaired) electrons. The van der Waals surface area contributed by atoms with Crippen molar-refractivity contribution in [3.8, 4) is 6.07 Å². The van der Waals surface area contributed by atoms with Crippen LogP contribution in [-0.2, 0) is 0 Å². The quantitative estimate of drug-likeness (QED) is 0.631. The molecule has 0 spiro atoms. The lowest BCUT2D eigenvalue weighted by Crippen LogP contribution is -2.21. The number of anilines is 1. The Kier molecular flexibility index (Phi) is 5.46. The Balaban J connectivity index is 2.92. The van der Waals surface area contributed by atoms with E-state index in [1.807, 2.05) is 12.3 Å². The second-order valence-corrected chi connectivity index (χ2v) is 4.72. The number of thioether (sulfide) groups is 1. The van der Waals surface area contributed by atoms with Gasteiger partial charge in [0.15, 0.2) is 0 Å². The average Bonchev–Trinajstić information content (AvgIpc) is 2.37. The van der Waals surface area contributed by atoms with Gasteiger partial charge in [-0.25, -0.2) is 0 Å². The molecule has 18 heavy (non-hydrogen) atoms. The van der Waals surface area contributed by atoms with Crippen LogP contribution in [0.15, 0.2) is 18.2 Å². The van der Waals surface area contributed by atoms with Crippen LogP contribution in [0.1, 0.15) is 18.9 Å². The SMILES string of the molecule is CCC(CSC)Nc1ccc([N+](=O)[O-])c(C#N)c1. The lowest BCUT2D eigenvalue weighted by Gasteiger charge is -2.17. The number of hydrogen-bond donors (Lipinski definition) is 1. The predicted octanol–water partition coefficient (Wildman–Crippen LogP) is 3.02. The zero-order valence-corrected chi connectivity index (χ0v) is 11.2. The molecule has 1 atom stereocenters. The Morgan fingerprint density at radius 2 is 2.33 bits per heavy atom. The molecule has 0 aliphatic rings. The van der Waals surface area contributed by atoms with Gasteiger partial charge >= 0.3 is 0 Å². The van der Waals surface area contributed by atoms with E-state index in [9.17, 15) is 10.1 Å². The number of nitro benzene ring substituents is 1. The van der Waals surface area contributed by atoms with Crippen molar-refractivity contribution in [2.24, 2.45) is 0 Å². The summed E-state index contributed by atoms with van der Waals surface area (Å²) in [5.74, 6) is 0.954. The molecule has 6 heteroatoms. The molecule has 1 unspecified atom stereocenters. The summed E-state index contributed by atoms with van der Waals surface area (Å²) in [6.45, 7) is 2.07. The normalized spacial score (nSPS) is 11.6. The highest BCUT2D eigenvalue weighted by Gasteiger charge is 2.14. The number of nitrogens with zero attached hydrogens (tertiary/aromatic N) is 2. The molecule has 0 saturated carbocycles. The Morgan fingerprint density at radius 3 is 2.83 bits per heavy atom.